The Morgan fingerprint density at radius 1 is 1.45 bits per heavy atom. The highest BCUT2D eigenvalue weighted by molar-refractivity contribution is 6.31. The number of halogens is 1. The maximum atomic E-state index is 12.5. The van der Waals surface area contributed by atoms with E-state index >= 15 is 0 Å². The number of carbonyl (C=O) groups is 1. The van der Waals surface area contributed by atoms with Crippen molar-refractivity contribution in [2.75, 3.05) is 13.2 Å². The Kier molecular flexibility index (Phi) is 4.71. The lowest BCUT2D eigenvalue weighted by atomic mass is 9.99. The number of amides is 1. The van der Waals surface area contributed by atoms with Crippen LogP contribution in [0.4, 0.5) is 0 Å². The Labute approximate surface area is 125 Å². The van der Waals surface area contributed by atoms with Gasteiger partial charge in [0.25, 0.3) is 0 Å². The quantitative estimate of drug-likeness (QED) is 0.856. The van der Waals surface area contributed by atoms with Gasteiger partial charge in [-0.15, -0.1) is 0 Å². The smallest absolute Gasteiger partial charge is 0.223 e. The average molecular weight is 296 g/mol. The number of hydrogen-bond donors (Lipinski definition) is 0. The maximum absolute atomic E-state index is 12.5. The average Bonchev–Trinajstić information content (AvgIpc) is 2.40. The predicted molar refractivity (Wildman–Crippen MR) is 81.0 cm³/mol. The second-order valence-corrected chi connectivity index (χ2v) is 6.44. The van der Waals surface area contributed by atoms with Gasteiger partial charge in [0, 0.05) is 18.0 Å². The minimum atomic E-state index is -0.232. The number of carbonyl (C=O) groups excluding carboxylic acids is 1. The van der Waals surface area contributed by atoms with Crippen LogP contribution in [-0.4, -0.2) is 35.6 Å². The van der Waals surface area contributed by atoms with Crippen molar-refractivity contribution < 1.29 is 9.53 Å². The van der Waals surface area contributed by atoms with Gasteiger partial charge >= 0.3 is 0 Å². The van der Waals surface area contributed by atoms with E-state index < -0.39 is 0 Å². The first-order valence-electron chi connectivity index (χ1n) is 7.05. The van der Waals surface area contributed by atoms with Gasteiger partial charge in [-0.25, -0.2) is 0 Å². The Morgan fingerprint density at radius 2 is 2.15 bits per heavy atom. The molecular formula is C16H22ClNO2. The molecule has 1 aromatic carbocycles. The molecule has 110 valence electrons. The van der Waals surface area contributed by atoms with E-state index in [2.05, 4.69) is 0 Å². The predicted octanol–water partition coefficient (Wildman–Crippen LogP) is 3.30. The van der Waals surface area contributed by atoms with E-state index in [4.69, 9.17) is 16.3 Å². The normalized spacial score (nSPS) is 21.8. The minimum absolute atomic E-state index is 0.104. The molecule has 1 atom stereocenters. The van der Waals surface area contributed by atoms with Crippen LogP contribution in [0.1, 0.15) is 32.8 Å². The summed E-state index contributed by atoms with van der Waals surface area (Å²) in [6.07, 6.45) is 1.27. The van der Waals surface area contributed by atoms with Crippen LogP contribution in [0.15, 0.2) is 24.3 Å². The van der Waals surface area contributed by atoms with Crippen LogP contribution in [0.3, 0.4) is 0 Å². The first-order chi connectivity index (χ1) is 9.40. The molecule has 1 heterocycles. The van der Waals surface area contributed by atoms with Crippen LogP contribution in [0, 0.1) is 0 Å². The van der Waals surface area contributed by atoms with Gasteiger partial charge in [-0.2, -0.15) is 0 Å². The third kappa shape index (κ3) is 3.53. The molecule has 0 radical (unpaired) electrons. The van der Waals surface area contributed by atoms with E-state index in [0.29, 0.717) is 26.0 Å². The summed E-state index contributed by atoms with van der Waals surface area (Å²) in [6, 6.07) is 7.69. The monoisotopic (exact) mass is 295 g/mol. The zero-order valence-electron chi connectivity index (χ0n) is 12.4. The molecule has 1 fully saturated rings. The topological polar surface area (TPSA) is 29.5 Å². The number of nitrogens with zero attached hydrogens (tertiary/aromatic N) is 1. The van der Waals surface area contributed by atoms with Crippen molar-refractivity contribution in [3.63, 3.8) is 0 Å². The lowest BCUT2D eigenvalue weighted by molar-refractivity contribution is -0.152. The molecule has 0 saturated carbocycles. The van der Waals surface area contributed by atoms with Crippen LogP contribution < -0.4 is 0 Å². The standard InChI is InChI=1S/C16H22ClNO2/c1-12-10-18(16(2,3)11-20-12)15(19)9-8-13-6-4-5-7-14(13)17/h4-7,12H,8-11H2,1-3H3. The SMILES string of the molecule is CC1CN(C(=O)CCc2ccccc2Cl)C(C)(C)CO1. The van der Waals surface area contributed by atoms with Crippen molar-refractivity contribution in [1.82, 2.24) is 4.90 Å². The molecule has 1 aromatic rings. The summed E-state index contributed by atoms with van der Waals surface area (Å²) >= 11 is 6.13. The number of benzene rings is 1. The molecule has 0 spiro atoms. The summed E-state index contributed by atoms with van der Waals surface area (Å²) in [6.45, 7) is 7.35. The fourth-order valence-electron chi connectivity index (χ4n) is 2.50. The van der Waals surface area contributed by atoms with E-state index in [-0.39, 0.29) is 17.6 Å². The van der Waals surface area contributed by atoms with Crippen molar-refractivity contribution >= 4 is 17.5 Å². The third-order valence-electron chi connectivity index (χ3n) is 3.76. The van der Waals surface area contributed by atoms with Crippen molar-refractivity contribution in [3.8, 4) is 0 Å². The van der Waals surface area contributed by atoms with Crippen LogP contribution in [0.5, 0.6) is 0 Å². The molecule has 0 aromatic heterocycles. The highest BCUT2D eigenvalue weighted by Crippen LogP contribution is 2.24. The number of rotatable bonds is 3. The summed E-state index contributed by atoms with van der Waals surface area (Å²) in [5, 5.41) is 0.731. The maximum Gasteiger partial charge on any atom is 0.223 e. The Balaban J connectivity index is 1.99. The third-order valence-corrected chi connectivity index (χ3v) is 4.13. The Morgan fingerprint density at radius 3 is 2.85 bits per heavy atom. The molecule has 2 rings (SSSR count). The van der Waals surface area contributed by atoms with Gasteiger partial charge in [0.2, 0.25) is 5.91 Å². The molecule has 0 N–H and O–H groups in total. The summed E-state index contributed by atoms with van der Waals surface area (Å²) in [5.41, 5.74) is 0.797. The lowest BCUT2D eigenvalue weighted by Crippen LogP contribution is -2.57. The molecule has 1 aliphatic rings. The Bertz CT molecular complexity index is 487. The van der Waals surface area contributed by atoms with E-state index in [1.807, 2.05) is 49.9 Å². The van der Waals surface area contributed by atoms with Crippen LogP contribution in [0.2, 0.25) is 5.02 Å². The second kappa shape index (κ2) is 6.15. The number of hydrogen-bond acceptors (Lipinski definition) is 2. The first-order valence-corrected chi connectivity index (χ1v) is 7.43. The molecule has 1 saturated heterocycles. The highest BCUT2D eigenvalue weighted by Gasteiger charge is 2.36. The van der Waals surface area contributed by atoms with Crippen LogP contribution in [-0.2, 0) is 16.0 Å². The molecule has 1 amide bonds. The summed E-state index contributed by atoms with van der Waals surface area (Å²) in [5.74, 6) is 0.171. The zero-order chi connectivity index (χ0) is 14.8. The highest BCUT2D eigenvalue weighted by atomic mass is 35.5. The minimum Gasteiger partial charge on any atom is -0.374 e. The molecule has 4 heteroatoms. The van der Waals surface area contributed by atoms with Crippen LogP contribution in [0.25, 0.3) is 0 Å². The van der Waals surface area contributed by atoms with Crippen LogP contribution >= 0.6 is 11.6 Å². The van der Waals surface area contributed by atoms with Gasteiger partial charge in [0.15, 0.2) is 0 Å². The van der Waals surface area contributed by atoms with Gasteiger partial charge < -0.3 is 9.64 Å². The molecule has 3 nitrogen and oxygen atoms in total. The lowest BCUT2D eigenvalue weighted by Gasteiger charge is -2.44. The fraction of sp³-hybridized carbons (Fsp3) is 0.562. The van der Waals surface area contributed by atoms with E-state index in [1.165, 1.54) is 0 Å². The van der Waals surface area contributed by atoms with Crippen molar-refractivity contribution in [1.29, 1.82) is 0 Å². The molecule has 20 heavy (non-hydrogen) atoms. The van der Waals surface area contributed by atoms with Gasteiger partial charge in [0.05, 0.1) is 18.2 Å². The van der Waals surface area contributed by atoms with Crippen molar-refractivity contribution in [3.05, 3.63) is 34.9 Å². The molecule has 1 aliphatic heterocycles. The molecule has 0 aliphatic carbocycles. The number of morpholine rings is 1. The largest absolute Gasteiger partial charge is 0.374 e. The molecular weight excluding hydrogens is 274 g/mol. The second-order valence-electron chi connectivity index (χ2n) is 6.03. The Hall–Kier alpha value is -1.06. The summed E-state index contributed by atoms with van der Waals surface area (Å²) in [4.78, 5) is 14.4. The summed E-state index contributed by atoms with van der Waals surface area (Å²) in [7, 11) is 0. The molecule has 0 bridgehead atoms. The van der Waals surface area contributed by atoms with E-state index in [9.17, 15) is 4.79 Å². The summed E-state index contributed by atoms with van der Waals surface area (Å²) < 4.78 is 5.64. The van der Waals surface area contributed by atoms with E-state index in [0.717, 1.165) is 10.6 Å². The zero-order valence-corrected chi connectivity index (χ0v) is 13.1. The van der Waals surface area contributed by atoms with Gasteiger partial charge in [0.1, 0.15) is 0 Å². The van der Waals surface area contributed by atoms with Crippen molar-refractivity contribution in [2.45, 2.75) is 45.3 Å². The van der Waals surface area contributed by atoms with E-state index in [1.54, 1.807) is 0 Å². The van der Waals surface area contributed by atoms with Gasteiger partial charge in [-0.1, -0.05) is 29.8 Å². The van der Waals surface area contributed by atoms with Gasteiger partial charge in [-0.3, -0.25) is 4.79 Å². The first kappa shape index (κ1) is 15.3. The number of ether oxygens (including phenoxy) is 1. The van der Waals surface area contributed by atoms with Crippen molar-refractivity contribution in [2.24, 2.45) is 0 Å². The van der Waals surface area contributed by atoms with Gasteiger partial charge in [-0.05, 0) is 38.8 Å². The number of aryl methyl sites for hydroxylation is 1. The fourth-order valence-corrected chi connectivity index (χ4v) is 2.73. The molecule has 1 unspecified atom stereocenters.